The van der Waals surface area contributed by atoms with Gasteiger partial charge in [0.15, 0.2) is 6.10 Å². The number of fused-ring (bicyclic) bond motifs is 4. The van der Waals surface area contributed by atoms with Gasteiger partial charge in [-0.15, -0.1) is 0 Å². The first-order valence-electron chi connectivity index (χ1n) is 26.2. The second-order valence-corrected chi connectivity index (χ2v) is 20.4. The molecule has 0 amide bonds. The van der Waals surface area contributed by atoms with Gasteiger partial charge in [-0.1, -0.05) is 146 Å². The third-order valence-corrected chi connectivity index (χ3v) is 14.0. The lowest BCUT2D eigenvalue weighted by Crippen LogP contribution is -2.55. The molecular formula is C52H91O16P. The molecule has 0 spiro atoms. The summed E-state index contributed by atoms with van der Waals surface area (Å²) in [5.41, 5.74) is 0. The average molecular weight is 1000 g/mol. The van der Waals surface area contributed by atoms with E-state index in [2.05, 4.69) is 43.4 Å². The van der Waals surface area contributed by atoms with Crippen LogP contribution in [0.25, 0.3) is 0 Å². The SMILES string of the molecule is CCCCCC/C=C\C/C=C\C/C=C\CCCCCCCCC(=O)O[C@@H]1COC(=O)CCCCCC[C@@H]2[C@@H](O)[C@H](O)[C@@H](O)[C@H](OP(=O)(O)OC1)[C@H](O)[C@H](O)[C@@H](/C=C/[C@@H](O)CCCCC)[C@H](O)C[C@@H]2O. The van der Waals surface area contributed by atoms with Crippen molar-refractivity contribution in [1.29, 1.82) is 0 Å². The van der Waals surface area contributed by atoms with Crippen molar-refractivity contribution in [2.75, 3.05) is 13.2 Å². The maximum absolute atomic E-state index is 13.6. The highest BCUT2D eigenvalue weighted by molar-refractivity contribution is 7.47. The van der Waals surface area contributed by atoms with E-state index in [9.17, 15) is 59.9 Å². The van der Waals surface area contributed by atoms with E-state index in [-0.39, 0.29) is 19.3 Å². The van der Waals surface area contributed by atoms with Crippen LogP contribution >= 0.6 is 7.82 Å². The van der Waals surface area contributed by atoms with Crippen molar-refractivity contribution in [1.82, 2.24) is 0 Å². The zero-order valence-electron chi connectivity index (χ0n) is 41.7. The molecule has 2 fully saturated rings. The number of aliphatic hydroxyl groups is 8. The molecule has 0 aromatic heterocycles. The van der Waals surface area contributed by atoms with Crippen LogP contribution in [0.2, 0.25) is 0 Å². The molecule has 9 N–H and O–H groups in total. The Morgan fingerprint density at radius 1 is 0.696 bits per heavy atom. The summed E-state index contributed by atoms with van der Waals surface area (Å²) in [5.74, 6) is -3.91. The lowest BCUT2D eigenvalue weighted by molar-refractivity contribution is -0.167. The second kappa shape index (κ2) is 37.4. The molecule has 1 heterocycles. The van der Waals surface area contributed by atoms with Gasteiger partial charge < -0.3 is 55.2 Å². The fourth-order valence-electron chi connectivity index (χ4n) is 8.68. The minimum Gasteiger partial charge on any atom is -0.462 e. The highest BCUT2D eigenvalue weighted by atomic mass is 31.2. The Balaban J connectivity index is 2.07. The summed E-state index contributed by atoms with van der Waals surface area (Å²) in [5, 5.41) is 90.4. The number of carbonyl (C=O) groups is 2. The van der Waals surface area contributed by atoms with Crippen molar-refractivity contribution in [3.05, 3.63) is 48.6 Å². The van der Waals surface area contributed by atoms with E-state index in [1.165, 1.54) is 37.8 Å². The number of ether oxygens (including phenoxy) is 2. The molecule has 1 saturated carbocycles. The normalized spacial score (nSPS) is 31.5. The summed E-state index contributed by atoms with van der Waals surface area (Å²) in [6, 6.07) is 0. The van der Waals surface area contributed by atoms with Crippen LogP contribution in [-0.4, -0.2) is 132 Å². The molecule has 69 heavy (non-hydrogen) atoms. The molecule has 2 bridgehead atoms. The molecule has 0 radical (unpaired) electrons. The van der Waals surface area contributed by atoms with E-state index in [1.54, 1.807) is 0 Å². The van der Waals surface area contributed by atoms with Crippen LogP contribution in [0.1, 0.15) is 181 Å². The number of aliphatic hydroxyl groups excluding tert-OH is 8. The number of hydrogen-bond acceptors (Lipinski definition) is 15. The van der Waals surface area contributed by atoms with Gasteiger partial charge >= 0.3 is 19.8 Å². The van der Waals surface area contributed by atoms with E-state index in [1.807, 2.05) is 6.92 Å². The van der Waals surface area contributed by atoms with Crippen LogP contribution in [0.15, 0.2) is 48.6 Å². The maximum atomic E-state index is 13.6. The van der Waals surface area contributed by atoms with Gasteiger partial charge in [0.05, 0.1) is 37.1 Å². The minimum absolute atomic E-state index is 0.00401. The average Bonchev–Trinajstić information content (AvgIpc) is 3.32. The van der Waals surface area contributed by atoms with Crippen LogP contribution in [0.3, 0.4) is 0 Å². The highest BCUT2D eigenvalue weighted by Gasteiger charge is 2.49. The van der Waals surface area contributed by atoms with Gasteiger partial charge in [0.25, 0.3) is 0 Å². The topological polar surface area (TPSA) is 270 Å². The smallest absolute Gasteiger partial charge is 0.462 e. The third kappa shape index (κ3) is 27.4. The van der Waals surface area contributed by atoms with Crippen molar-refractivity contribution in [2.24, 2.45) is 11.8 Å². The first kappa shape index (κ1) is 62.8. The van der Waals surface area contributed by atoms with E-state index >= 15 is 0 Å². The molecule has 1 saturated heterocycles. The first-order valence-corrected chi connectivity index (χ1v) is 27.7. The van der Waals surface area contributed by atoms with Crippen LogP contribution in [0.5, 0.6) is 0 Å². The number of cyclic esters (lactones) is 1. The van der Waals surface area contributed by atoms with Crippen LogP contribution in [0.4, 0.5) is 0 Å². The van der Waals surface area contributed by atoms with Crippen molar-refractivity contribution < 1.29 is 78.4 Å². The van der Waals surface area contributed by atoms with Crippen molar-refractivity contribution >= 4 is 19.8 Å². The summed E-state index contributed by atoms with van der Waals surface area (Å²) in [4.78, 5) is 36.6. The second-order valence-electron chi connectivity index (χ2n) is 19.0. The van der Waals surface area contributed by atoms with Gasteiger partial charge in [-0.3, -0.25) is 18.6 Å². The molecule has 2 aliphatic rings. The molecular weight excluding hydrogens is 912 g/mol. The number of rotatable bonds is 25. The number of esters is 2. The fraction of sp³-hybridized carbons (Fsp3) is 0.808. The van der Waals surface area contributed by atoms with E-state index < -0.39 is 112 Å². The molecule has 2 rings (SSSR count). The number of carbonyl (C=O) groups excluding carboxylic acids is 2. The largest absolute Gasteiger partial charge is 0.472 e. The first-order chi connectivity index (χ1) is 33.1. The summed E-state index contributed by atoms with van der Waals surface area (Å²) >= 11 is 0. The standard InChI is InChI=1S/C52H91O16P/c1-3-5-7-8-9-10-11-12-13-14-15-16-17-18-19-20-21-22-23-29-33-46(57)67-40-37-65-45(56)32-28-25-24-27-31-41-43(54)36-44(55)42(35-34-39(53)30-26-6-4-2)48(59)50(61)52(51(62)49(60)47(41)58)68-69(63,64)66-38-40/h10-11,13-14,16-17,34-35,39-44,47-55,58-62H,3-9,12,15,18-33,36-38H2,1-2H3,(H,63,64)/b11-10-,14-13-,17-16-,35-34+/t39-,40+,41-,42-,43-,44+,47+,48+,49-,50+,51+,52+/m0/s1. The van der Waals surface area contributed by atoms with Gasteiger partial charge in [-0.05, 0) is 64.2 Å². The van der Waals surface area contributed by atoms with Gasteiger partial charge in [0.1, 0.15) is 31.0 Å². The molecule has 1 unspecified atom stereocenters. The Labute approximate surface area is 412 Å². The molecule has 16 nitrogen and oxygen atoms in total. The Hall–Kier alpha value is -2.31. The zero-order valence-corrected chi connectivity index (χ0v) is 42.6. The lowest BCUT2D eigenvalue weighted by atomic mass is 9.82. The molecule has 1 aliphatic heterocycles. The van der Waals surface area contributed by atoms with Crippen molar-refractivity contribution in [3.63, 3.8) is 0 Å². The zero-order chi connectivity index (χ0) is 50.9. The summed E-state index contributed by atoms with van der Waals surface area (Å²) in [6.07, 6.45) is 15.8. The summed E-state index contributed by atoms with van der Waals surface area (Å²) in [7, 11) is -5.44. The number of phosphoric ester groups is 1. The van der Waals surface area contributed by atoms with Gasteiger partial charge in [-0.2, -0.15) is 0 Å². The number of hydrogen-bond donors (Lipinski definition) is 9. The number of unbranched alkanes of at least 4 members (excludes halogenated alkanes) is 12. The van der Waals surface area contributed by atoms with Gasteiger partial charge in [-0.25, -0.2) is 4.57 Å². The van der Waals surface area contributed by atoms with Crippen LogP contribution < -0.4 is 0 Å². The molecule has 0 aromatic carbocycles. The summed E-state index contributed by atoms with van der Waals surface area (Å²) in [6.45, 7) is 2.84. The van der Waals surface area contributed by atoms with Gasteiger partial charge in [0, 0.05) is 31.1 Å². The van der Waals surface area contributed by atoms with Crippen LogP contribution in [0, 0.1) is 11.8 Å². The minimum atomic E-state index is -5.44. The van der Waals surface area contributed by atoms with E-state index in [0.29, 0.717) is 44.9 Å². The summed E-state index contributed by atoms with van der Waals surface area (Å²) < 4.78 is 34.9. The monoisotopic (exact) mass is 1000 g/mol. The molecule has 13 atom stereocenters. The number of allylic oxidation sites excluding steroid dienone is 6. The van der Waals surface area contributed by atoms with Crippen molar-refractivity contribution in [2.45, 2.75) is 242 Å². The van der Waals surface area contributed by atoms with Gasteiger partial charge in [0.2, 0.25) is 0 Å². The Morgan fingerprint density at radius 2 is 1.28 bits per heavy atom. The number of phosphoric acid groups is 1. The molecule has 400 valence electrons. The molecule has 1 aliphatic carbocycles. The Bertz CT molecular complexity index is 1520. The molecule has 17 heteroatoms. The third-order valence-electron chi connectivity index (χ3n) is 13.0. The predicted molar refractivity (Wildman–Crippen MR) is 264 cm³/mol. The van der Waals surface area contributed by atoms with Crippen LogP contribution in [-0.2, 0) is 32.7 Å². The quantitative estimate of drug-likeness (QED) is 0.0185. The Kier molecular flexibility index (Phi) is 34.1. The Morgan fingerprint density at radius 3 is 1.94 bits per heavy atom. The highest BCUT2D eigenvalue weighted by Crippen LogP contribution is 2.47. The molecule has 0 aromatic rings. The maximum Gasteiger partial charge on any atom is 0.472 e. The fourth-order valence-corrected chi connectivity index (χ4v) is 9.66. The van der Waals surface area contributed by atoms with E-state index in [4.69, 9.17) is 18.5 Å². The predicted octanol–water partition coefficient (Wildman–Crippen LogP) is 7.50. The van der Waals surface area contributed by atoms with E-state index in [0.717, 1.165) is 70.6 Å². The van der Waals surface area contributed by atoms with Crippen molar-refractivity contribution in [3.8, 4) is 0 Å². The lowest BCUT2D eigenvalue weighted by Gasteiger charge is -2.37.